The van der Waals surface area contributed by atoms with Crippen LogP contribution in [0.25, 0.3) is 0 Å². The van der Waals surface area contributed by atoms with E-state index in [4.69, 9.17) is 0 Å². The molecule has 1 aromatic carbocycles. The summed E-state index contributed by atoms with van der Waals surface area (Å²) in [7, 11) is 0. The average Bonchev–Trinajstić information content (AvgIpc) is 2.85. The Hall–Kier alpha value is -1.64. The van der Waals surface area contributed by atoms with Crippen molar-refractivity contribution < 1.29 is 4.79 Å². The van der Waals surface area contributed by atoms with E-state index >= 15 is 0 Å². The van der Waals surface area contributed by atoms with Crippen molar-refractivity contribution in [3.8, 4) is 0 Å². The molecule has 1 aromatic rings. The Labute approximate surface area is 126 Å². The van der Waals surface area contributed by atoms with Crippen molar-refractivity contribution in [1.29, 1.82) is 0 Å². The summed E-state index contributed by atoms with van der Waals surface area (Å²) in [4.78, 5) is 15.7. The van der Waals surface area contributed by atoms with Gasteiger partial charge in [-0.2, -0.15) is 0 Å². The topological polar surface area (TPSA) is 41.5 Å². The van der Waals surface area contributed by atoms with E-state index in [0.29, 0.717) is 24.3 Å². The highest BCUT2D eigenvalue weighted by atomic mass is 16.1. The van der Waals surface area contributed by atoms with E-state index < -0.39 is 0 Å². The van der Waals surface area contributed by atoms with E-state index in [1.165, 1.54) is 31.2 Å². The summed E-state index contributed by atoms with van der Waals surface area (Å²) in [5.74, 6) is 0.782. The highest BCUT2D eigenvalue weighted by molar-refractivity contribution is 6.09. The summed E-state index contributed by atoms with van der Waals surface area (Å²) in [6, 6.07) is 8.61. The molecule has 1 heterocycles. The first-order valence-electron chi connectivity index (χ1n) is 7.95. The fraction of sp³-hybridized carbons (Fsp3) is 0.556. The Morgan fingerprint density at radius 1 is 1.14 bits per heavy atom. The van der Waals surface area contributed by atoms with E-state index in [1.807, 2.05) is 0 Å². The van der Waals surface area contributed by atoms with Crippen molar-refractivity contribution in [3.05, 3.63) is 29.8 Å². The number of rotatable bonds is 2. The van der Waals surface area contributed by atoms with Crippen LogP contribution in [0.3, 0.4) is 0 Å². The van der Waals surface area contributed by atoms with Gasteiger partial charge >= 0.3 is 0 Å². The van der Waals surface area contributed by atoms with E-state index in [0.717, 1.165) is 11.4 Å². The molecular weight excluding hydrogens is 260 g/mol. The monoisotopic (exact) mass is 284 g/mol. The number of hydrogen-bond acceptors (Lipinski definition) is 2. The van der Waals surface area contributed by atoms with Gasteiger partial charge in [-0.25, -0.2) is 0 Å². The fourth-order valence-corrected chi connectivity index (χ4v) is 3.33. The number of amides is 1. The molecule has 1 aliphatic heterocycles. The third kappa shape index (κ3) is 3.52. The van der Waals surface area contributed by atoms with Crippen LogP contribution < -0.4 is 5.32 Å². The van der Waals surface area contributed by atoms with Gasteiger partial charge in [-0.05, 0) is 54.7 Å². The second kappa shape index (κ2) is 5.63. The first-order chi connectivity index (χ1) is 10.0. The normalized spacial score (nSPS) is 24.3. The second-order valence-electron chi connectivity index (χ2n) is 7.16. The molecule has 2 aliphatic rings. The van der Waals surface area contributed by atoms with Crippen molar-refractivity contribution in [2.75, 3.05) is 6.54 Å². The van der Waals surface area contributed by atoms with Crippen molar-refractivity contribution in [1.82, 2.24) is 5.32 Å². The SMILES string of the molecule is CC1(C)CCC(c2ccc(N=C3CNC(=O)C3)cc2)CC1. The minimum atomic E-state index is 0.0789. The number of carbonyl (C=O) groups is 1. The molecule has 3 heteroatoms. The van der Waals surface area contributed by atoms with Gasteiger partial charge in [0, 0.05) is 5.71 Å². The lowest BCUT2D eigenvalue weighted by Crippen LogP contribution is -2.20. The van der Waals surface area contributed by atoms with Crippen molar-refractivity contribution in [2.45, 2.75) is 51.9 Å². The third-order valence-electron chi connectivity index (χ3n) is 4.85. The summed E-state index contributed by atoms with van der Waals surface area (Å²) >= 11 is 0. The molecule has 2 fully saturated rings. The molecule has 0 atom stereocenters. The Balaban J connectivity index is 1.66. The van der Waals surface area contributed by atoms with Crippen LogP contribution in [0.2, 0.25) is 0 Å². The van der Waals surface area contributed by atoms with Crippen LogP contribution in [0.1, 0.15) is 57.4 Å². The Bertz CT molecular complexity index is 547. The maximum absolute atomic E-state index is 11.2. The van der Waals surface area contributed by atoms with Gasteiger partial charge < -0.3 is 5.32 Å². The van der Waals surface area contributed by atoms with Crippen LogP contribution >= 0.6 is 0 Å². The zero-order valence-electron chi connectivity index (χ0n) is 13.0. The Morgan fingerprint density at radius 3 is 2.38 bits per heavy atom. The molecule has 0 spiro atoms. The quantitative estimate of drug-likeness (QED) is 0.877. The average molecular weight is 284 g/mol. The van der Waals surface area contributed by atoms with Crippen LogP contribution in [0.5, 0.6) is 0 Å². The molecule has 21 heavy (non-hydrogen) atoms. The van der Waals surface area contributed by atoms with E-state index in [1.54, 1.807) is 0 Å². The minimum absolute atomic E-state index is 0.0789. The molecule has 1 amide bonds. The number of nitrogens with zero attached hydrogens (tertiary/aromatic N) is 1. The summed E-state index contributed by atoms with van der Waals surface area (Å²) in [6.45, 7) is 5.34. The minimum Gasteiger partial charge on any atom is -0.350 e. The lowest BCUT2D eigenvalue weighted by molar-refractivity contribution is -0.118. The number of benzene rings is 1. The summed E-state index contributed by atoms with van der Waals surface area (Å²) in [5, 5.41) is 2.79. The van der Waals surface area contributed by atoms with Gasteiger partial charge in [-0.3, -0.25) is 9.79 Å². The highest BCUT2D eigenvalue weighted by Gasteiger charge is 2.27. The molecule has 0 unspecified atom stereocenters. The third-order valence-corrected chi connectivity index (χ3v) is 4.85. The molecule has 1 saturated carbocycles. The van der Waals surface area contributed by atoms with Gasteiger partial charge in [-0.1, -0.05) is 26.0 Å². The second-order valence-corrected chi connectivity index (χ2v) is 7.16. The summed E-state index contributed by atoms with van der Waals surface area (Å²) in [6.07, 6.45) is 5.66. The molecule has 3 nitrogen and oxygen atoms in total. The molecular formula is C18H24N2O. The largest absolute Gasteiger partial charge is 0.350 e. The predicted molar refractivity (Wildman–Crippen MR) is 86.2 cm³/mol. The van der Waals surface area contributed by atoms with E-state index in [9.17, 15) is 4.79 Å². The molecule has 0 aromatic heterocycles. The Morgan fingerprint density at radius 2 is 1.81 bits per heavy atom. The van der Waals surface area contributed by atoms with Gasteiger partial charge in [0.1, 0.15) is 0 Å². The van der Waals surface area contributed by atoms with Gasteiger partial charge in [0.15, 0.2) is 0 Å². The molecule has 0 bridgehead atoms. The highest BCUT2D eigenvalue weighted by Crippen LogP contribution is 2.42. The number of hydrogen-bond donors (Lipinski definition) is 1. The maximum Gasteiger partial charge on any atom is 0.226 e. The van der Waals surface area contributed by atoms with Crippen LogP contribution in [-0.4, -0.2) is 18.2 Å². The smallest absolute Gasteiger partial charge is 0.226 e. The van der Waals surface area contributed by atoms with E-state index in [-0.39, 0.29) is 5.91 Å². The van der Waals surface area contributed by atoms with Gasteiger partial charge in [0.05, 0.1) is 18.7 Å². The van der Waals surface area contributed by atoms with Gasteiger partial charge in [0.2, 0.25) is 5.91 Å². The van der Waals surface area contributed by atoms with Gasteiger partial charge in [-0.15, -0.1) is 0 Å². The van der Waals surface area contributed by atoms with Crippen LogP contribution in [0.15, 0.2) is 29.3 Å². The Kier molecular flexibility index (Phi) is 3.83. The van der Waals surface area contributed by atoms with E-state index in [2.05, 4.69) is 48.4 Å². The summed E-state index contributed by atoms with van der Waals surface area (Å²) < 4.78 is 0. The van der Waals surface area contributed by atoms with Crippen LogP contribution in [0, 0.1) is 5.41 Å². The molecule has 112 valence electrons. The fourth-order valence-electron chi connectivity index (χ4n) is 3.33. The summed E-state index contributed by atoms with van der Waals surface area (Å²) in [5.41, 5.74) is 3.85. The zero-order valence-corrected chi connectivity index (χ0v) is 13.0. The number of aliphatic imine (C=N–C) groups is 1. The zero-order chi connectivity index (χ0) is 14.9. The molecule has 0 radical (unpaired) electrons. The standard InChI is InChI=1S/C18H24N2O/c1-18(2)9-7-14(8-10-18)13-3-5-15(6-4-13)20-16-11-17(21)19-12-16/h3-6,14H,7-12H2,1-2H3,(H,19,21). The number of nitrogens with one attached hydrogen (secondary N) is 1. The van der Waals surface area contributed by atoms with Crippen molar-refractivity contribution in [2.24, 2.45) is 10.4 Å². The first-order valence-corrected chi connectivity index (χ1v) is 7.95. The van der Waals surface area contributed by atoms with Crippen LogP contribution in [-0.2, 0) is 4.79 Å². The molecule has 1 saturated heterocycles. The lowest BCUT2D eigenvalue weighted by Gasteiger charge is -2.34. The van der Waals surface area contributed by atoms with Crippen LogP contribution in [0.4, 0.5) is 5.69 Å². The van der Waals surface area contributed by atoms with Gasteiger partial charge in [0.25, 0.3) is 0 Å². The molecule has 1 aliphatic carbocycles. The number of carbonyl (C=O) groups excluding carboxylic acids is 1. The molecule has 1 N–H and O–H groups in total. The van der Waals surface area contributed by atoms with Crippen molar-refractivity contribution >= 4 is 17.3 Å². The molecule has 3 rings (SSSR count). The van der Waals surface area contributed by atoms with Crippen molar-refractivity contribution in [3.63, 3.8) is 0 Å². The predicted octanol–water partition coefficient (Wildman–Crippen LogP) is 3.96. The lowest BCUT2D eigenvalue weighted by atomic mass is 9.71. The maximum atomic E-state index is 11.2. The first kappa shape index (κ1) is 14.3.